The SMILES string of the molecule is NC1CCN(c2ccc(C=O)o2)C1. The summed E-state index contributed by atoms with van der Waals surface area (Å²) in [5, 5.41) is 0. The molecule has 0 spiro atoms. The number of anilines is 1. The van der Waals surface area contributed by atoms with Crippen molar-refractivity contribution in [3.05, 3.63) is 17.9 Å². The number of nitrogens with zero attached hydrogens (tertiary/aromatic N) is 1. The Morgan fingerprint density at radius 3 is 3.00 bits per heavy atom. The van der Waals surface area contributed by atoms with Gasteiger partial charge in [-0.25, -0.2) is 0 Å². The van der Waals surface area contributed by atoms with Crippen molar-refractivity contribution in [1.29, 1.82) is 0 Å². The first-order chi connectivity index (χ1) is 6.29. The molecule has 0 aliphatic carbocycles. The van der Waals surface area contributed by atoms with Gasteiger partial charge in [-0.05, 0) is 12.5 Å². The summed E-state index contributed by atoms with van der Waals surface area (Å²) < 4.78 is 5.27. The highest BCUT2D eigenvalue weighted by atomic mass is 16.4. The molecule has 1 aromatic rings. The van der Waals surface area contributed by atoms with Gasteiger partial charge in [0.05, 0.1) is 0 Å². The second kappa shape index (κ2) is 3.22. The smallest absolute Gasteiger partial charge is 0.196 e. The van der Waals surface area contributed by atoms with Crippen LogP contribution in [-0.2, 0) is 0 Å². The molecule has 2 N–H and O–H groups in total. The molecule has 2 rings (SSSR count). The molecule has 70 valence electrons. The van der Waals surface area contributed by atoms with E-state index >= 15 is 0 Å². The molecular weight excluding hydrogens is 168 g/mol. The van der Waals surface area contributed by atoms with E-state index in [1.54, 1.807) is 6.07 Å². The van der Waals surface area contributed by atoms with Gasteiger partial charge in [0.2, 0.25) is 0 Å². The summed E-state index contributed by atoms with van der Waals surface area (Å²) in [6, 6.07) is 3.71. The molecule has 0 saturated carbocycles. The average Bonchev–Trinajstić information content (AvgIpc) is 2.71. The van der Waals surface area contributed by atoms with Crippen LogP contribution < -0.4 is 10.6 Å². The van der Waals surface area contributed by atoms with Crippen LogP contribution in [0.1, 0.15) is 17.0 Å². The molecule has 4 nitrogen and oxygen atoms in total. The fraction of sp³-hybridized carbons (Fsp3) is 0.444. The number of hydrogen-bond donors (Lipinski definition) is 1. The number of rotatable bonds is 2. The van der Waals surface area contributed by atoms with Crippen molar-refractivity contribution in [2.45, 2.75) is 12.5 Å². The number of nitrogens with two attached hydrogens (primary N) is 1. The number of carbonyl (C=O) groups is 1. The second-order valence-electron chi connectivity index (χ2n) is 3.29. The molecule has 1 atom stereocenters. The Balaban J connectivity index is 2.12. The number of carbonyl (C=O) groups excluding carboxylic acids is 1. The minimum atomic E-state index is 0.227. The maximum absolute atomic E-state index is 10.4. The van der Waals surface area contributed by atoms with Crippen LogP contribution in [0, 0.1) is 0 Å². The fourth-order valence-electron chi connectivity index (χ4n) is 1.56. The molecule has 1 fully saturated rings. The molecule has 2 heterocycles. The maximum atomic E-state index is 10.4. The van der Waals surface area contributed by atoms with Crippen LogP contribution in [0.15, 0.2) is 16.5 Å². The first-order valence-electron chi connectivity index (χ1n) is 4.35. The minimum Gasteiger partial charge on any atom is -0.438 e. The molecule has 0 aromatic carbocycles. The molecule has 0 radical (unpaired) electrons. The minimum absolute atomic E-state index is 0.227. The third-order valence-electron chi connectivity index (χ3n) is 2.27. The summed E-state index contributed by atoms with van der Waals surface area (Å²) in [6.07, 6.45) is 1.69. The lowest BCUT2D eigenvalue weighted by Crippen LogP contribution is -2.25. The van der Waals surface area contributed by atoms with E-state index in [0.717, 1.165) is 25.4 Å². The highest BCUT2D eigenvalue weighted by molar-refractivity contribution is 5.71. The summed E-state index contributed by atoms with van der Waals surface area (Å²) in [4.78, 5) is 12.4. The quantitative estimate of drug-likeness (QED) is 0.678. The summed E-state index contributed by atoms with van der Waals surface area (Å²) in [5.41, 5.74) is 5.75. The predicted molar refractivity (Wildman–Crippen MR) is 48.9 cm³/mol. The van der Waals surface area contributed by atoms with Gasteiger partial charge in [-0.1, -0.05) is 0 Å². The Morgan fingerprint density at radius 2 is 2.46 bits per heavy atom. The molecule has 0 amide bonds. The largest absolute Gasteiger partial charge is 0.438 e. The average molecular weight is 180 g/mol. The molecule has 1 aliphatic heterocycles. The van der Waals surface area contributed by atoms with E-state index in [0.29, 0.717) is 12.0 Å². The predicted octanol–water partition coefficient (Wildman–Crippen LogP) is 0.629. The van der Waals surface area contributed by atoms with Gasteiger partial charge in [0.25, 0.3) is 0 Å². The Bertz CT molecular complexity index is 308. The monoisotopic (exact) mass is 180 g/mol. The van der Waals surface area contributed by atoms with Crippen LogP contribution >= 0.6 is 0 Å². The Labute approximate surface area is 76.3 Å². The van der Waals surface area contributed by atoms with Crippen molar-refractivity contribution in [2.24, 2.45) is 5.73 Å². The van der Waals surface area contributed by atoms with Gasteiger partial charge < -0.3 is 15.1 Å². The molecule has 1 saturated heterocycles. The first-order valence-corrected chi connectivity index (χ1v) is 4.35. The molecule has 4 heteroatoms. The van der Waals surface area contributed by atoms with Crippen LogP contribution in [0.25, 0.3) is 0 Å². The molecular formula is C9H12N2O2. The first kappa shape index (κ1) is 8.31. The fourth-order valence-corrected chi connectivity index (χ4v) is 1.56. The van der Waals surface area contributed by atoms with Crippen molar-refractivity contribution < 1.29 is 9.21 Å². The van der Waals surface area contributed by atoms with E-state index in [1.807, 2.05) is 6.07 Å². The zero-order valence-corrected chi connectivity index (χ0v) is 7.27. The number of aldehydes is 1. The second-order valence-corrected chi connectivity index (χ2v) is 3.29. The van der Waals surface area contributed by atoms with Crippen molar-refractivity contribution in [3.63, 3.8) is 0 Å². The standard InChI is InChI=1S/C9H12N2O2/c10-7-3-4-11(5-7)9-2-1-8(6-12)13-9/h1-2,6-7H,3-5,10H2. The van der Waals surface area contributed by atoms with Crippen LogP contribution in [0.5, 0.6) is 0 Å². The van der Waals surface area contributed by atoms with Crippen LogP contribution in [0.2, 0.25) is 0 Å². The van der Waals surface area contributed by atoms with Crippen molar-refractivity contribution >= 4 is 12.2 Å². The summed E-state index contributed by atoms with van der Waals surface area (Å²) in [7, 11) is 0. The summed E-state index contributed by atoms with van der Waals surface area (Å²) in [5.74, 6) is 1.12. The third-order valence-corrected chi connectivity index (χ3v) is 2.27. The molecule has 1 aliphatic rings. The van der Waals surface area contributed by atoms with E-state index in [2.05, 4.69) is 4.90 Å². The van der Waals surface area contributed by atoms with Gasteiger partial charge in [0, 0.05) is 25.2 Å². The highest BCUT2D eigenvalue weighted by Gasteiger charge is 2.21. The van der Waals surface area contributed by atoms with E-state index in [9.17, 15) is 4.79 Å². The van der Waals surface area contributed by atoms with Gasteiger partial charge in [-0.2, -0.15) is 0 Å². The molecule has 1 aromatic heterocycles. The normalized spacial score (nSPS) is 22.2. The lowest BCUT2D eigenvalue weighted by Gasteiger charge is -2.13. The molecule has 0 bridgehead atoms. The van der Waals surface area contributed by atoms with Gasteiger partial charge >= 0.3 is 0 Å². The van der Waals surface area contributed by atoms with Gasteiger partial charge in [-0.15, -0.1) is 0 Å². The van der Waals surface area contributed by atoms with E-state index in [4.69, 9.17) is 10.2 Å². The van der Waals surface area contributed by atoms with E-state index in [-0.39, 0.29) is 6.04 Å². The number of hydrogen-bond acceptors (Lipinski definition) is 4. The van der Waals surface area contributed by atoms with Gasteiger partial charge in [0.1, 0.15) is 0 Å². The molecule has 1 unspecified atom stereocenters. The van der Waals surface area contributed by atoms with E-state index in [1.165, 1.54) is 0 Å². The Hall–Kier alpha value is -1.29. The van der Waals surface area contributed by atoms with Crippen LogP contribution in [0.4, 0.5) is 5.88 Å². The van der Waals surface area contributed by atoms with Crippen LogP contribution in [0.3, 0.4) is 0 Å². The lowest BCUT2D eigenvalue weighted by molar-refractivity contribution is 0.110. The highest BCUT2D eigenvalue weighted by Crippen LogP contribution is 2.21. The zero-order chi connectivity index (χ0) is 9.26. The lowest BCUT2D eigenvalue weighted by atomic mass is 10.3. The molecule has 13 heavy (non-hydrogen) atoms. The Morgan fingerprint density at radius 1 is 1.62 bits per heavy atom. The van der Waals surface area contributed by atoms with E-state index < -0.39 is 0 Å². The topological polar surface area (TPSA) is 59.5 Å². The Kier molecular flexibility index (Phi) is 2.06. The van der Waals surface area contributed by atoms with Gasteiger partial charge in [0.15, 0.2) is 17.9 Å². The van der Waals surface area contributed by atoms with Crippen LogP contribution in [-0.4, -0.2) is 25.4 Å². The maximum Gasteiger partial charge on any atom is 0.196 e. The van der Waals surface area contributed by atoms with Gasteiger partial charge in [-0.3, -0.25) is 4.79 Å². The zero-order valence-electron chi connectivity index (χ0n) is 7.27. The third kappa shape index (κ3) is 1.58. The summed E-state index contributed by atoms with van der Waals surface area (Å²) in [6.45, 7) is 1.72. The van der Waals surface area contributed by atoms with Crippen molar-refractivity contribution in [2.75, 3.05) is 18.0 Å². The number of furan rings is 1. The van der Waals surface area contributed by atoms with Crippen molar-refractivity contribution in [3.8, 4) is 0 Å². The summed E-state index contributed by atoms with van der Waals surface area (Å²) >= 11 is 0. The van der Waals surface area contributed by atoms with Crippen molar-refractivity contribution in [1.82, 2.24) is 0 Å².